The summed E-state index contributed by atoms with van der Waals surface area (Å²) in [6, 6.07) is 2.62. The zero-order valence-corrected chi connectivity index (χ0v) is 20.2. The van der Waals surface area contributed by atoms with Gasteiger partial charge in [0.1, 0.15) is 18.1 Å². The zero-order valence-electron chi connectivity index (χ0n) is 20.2. The predicted octanol–water partition coefficient (Wildman–Crippen LogP) is 4.11. The van der Waals surface area contributed by atoms with Crippen molar-refractivity contribution >= 4 is 34.1 Å². The second kappa shape index (κ2) is 8.58. The number of nitrogens with two attached hydrogens (primary N) is 1. The number of rotatable bonds is 4. The number of ether oxygens (including phenoxy) is 1. The number of carboxylic acid groups (broad SMARTS) is 1. The Labute approximate surface area is 214 Å². The molecule has 1 amide bonds. The SMILES string of the molecule is Cc1c(-c2cc3cc(N(C(=O)O)C4C5CN(CC(F)(F)F)CC54)ncc3c(N)c2F)cnc2c1NCCO2. The fourth-order valence-electron chi connectivity index (χ4n) is 5.83. The van der Waals surface area contributed by atoms with Gasteiger partial charge in [0, 0.05) is 48.5 Å². The normalized spacial score (nSPS) is 22.4. The highest BCUT2D eigenvalue weighted by atomic mass is 19.4. The van der Waals surface area contributed by atoms with E-state index in [0.717, 1.165) is 10.5 Å². The summed E-state index contributed by atoms with van der Waals surface area (Å²) in [7, 11) is 0. The quantitative estimate of drug-likeness (QED) is 0.340. The smallest absolute Gasteiger partial charge is 0.413 e. The van der Waals surface area contributed by atoms with Crippen molar-refractivity contribution in [3.8, 4) is 17.0 Å². The molecule has 9 nitrogen and oxygen atoms in total. The lowest BCUT2D eigenvalue weighted by molar-refractivity contribution is -0.144. The van der Waals surface area contributed by atoms with Crippen molar-refractivity contribution in [1.82, 2.24) is 14.9 Å². The summed E-state index contributed by atoms with van der Waals surface area (Å²) in [4.78, 5) is 23.2. The molecule has 1 aromatic carbocycles. The van der Waals surface area contributed by atoms with Gasteiger partial charge in [0.25, 0.3) is 0 Å². The maximum Gasteiger partial charge on any atom is 0.413 e. The summed E-state index contributed by atoms with van der Waals surface area (Å²) in [5.74, 6) is -0.527. The van der Waals surface area contributed by atoms with Crippen LogP contribution in [0.25, 0.3) is 21.9 Å². The fourth-order valence-corrected chi connectivity index (χ4v) is 5.83. The summed E-state index contributed by atoms with van der Waals surface area (Å²) in [5, 5.41) is 14.0. The number of benzene rings is 1. The number of nitrogen functional groups attached to an aromatic ring is 1. The average molecular weight is 532 g/mol. The lowest BCUT2D eigenvalue weighted by atomic mass is 9.97. The number of likely N-dealkylation sites (tertiary alicyclic amines) is 1. The number of hydrogen-bond acceptors (Lipinski definition) is 7. The molecule has 200 valence electrons. The summed E-state index contributed by atoms with van der Waals surface area (Å²) in [6.07, 6.45) is -2.73. The van der Waals surface area contributed by atoms with Crippen LogP contribution in [0.1, 0.15) is 5.56 Å². The monoisotopic (exact) mass is 532 g/mol. The minimum absolute atomic E-state index is 0.110. The summed E-state index contributed by atoms with van der Waals surface area (Å²) < 4.78 is 59.3. The molecule has 4 heterocycles. The first-order valence-corrected chi connectivity index (χ1v) is 12.1. The average Bonchev–Trinajstić information content (AvgIpc) is 3.32. The molecule has 38 heavy (non-hydrogen) atoms. The number of anilines is 3. The zero-order chi connectivity index (χ0) is 26.9. The highest BCUT2D eigenvalue weighted by Crippen LogP contribution is 2.50. The third kappa shape index (κ3) is 4.01. The van der Waals surface area contributed by atoms with Crippen LogP contribution in [0.5, 0.6) is 5.88 Å². The van der Waals surface area contributed by atoms with E-state index in [1.807, 2.05) is 6.92 Å². The van der Waals surface area contributed by atoms with Crippen molar-refractivity contribution in [1.29, 1.82) is 0 Å². The first kappa shape index (κ1) is 24.5. The summed E-state index contributed by atoms with van der Waals surface area (Å²) >= 11 is 0. The molecule has 3 aliphatic rings. The van der Waals surface area contributed by atoms with Crippen LogP contribution in [0, 0.1) is 24.6 Å². The molecule has 13 heteroatoms. The van der Waals surface area contributed by atoms with Crippen molar-refractivity contribution in [3.05, 3.63) is 35.9 Å². The Morgan fingerprint density at radius 1 is 1.24 bits per heavy atom. The van der Waals surface area contributed by atoms with Gasteiger partial charge in [-0.1, -0.05) is 0 Å². The van der Waals surface area contributed by atoms with Gasteiger partial charge < -0.3 is 20.9 Å². The van der Waals surface area contributed by atoms with Crippen LogP contribution in [0.2, 0.25) is 0 Å². The maximum absolute atomic E-state index is 15.4. The molecular weight excluding hydrogens is 508 g/mol. The van der Waals surface area contributed by atoms with Gasteiger partial charge in [-0.3, -0.25) is 9.80 Å². The van der Waals surface area contributed by atoms with E-state index in [1.54, 1.807) is 6.07 Å². The number of alkyl halides is 3. The van der Waals surface area contributed by atoms with Gasteiger partial charge in [0.2, 0.25) is 5.88 Å². The lowest BCUT2D eigenvalue weighted by Gasteiger charge is -2.25. The highest BCUT2D eigenvalue weighted by molar-refractivity contribution is 6.00. The predicted molar refractivity (Wildman–Crippen MR) is 132 cm³/mol. The molecular formula is C25H24F4N6O3. The molecule has 6 rings (SSSR count). The summed E-state index contributed by atoms with van der Waals surface area (Å²) in [5.41, 5.74) is 8.09. The van der Waals surface area contributed by atoms with E-state index in [4.69, 9.17) is 10.5 Å². The van der Waals surface area contributed by atoms with Gasteiger partial charge in [-0.2, -0.15) is 13.2 Å². The topological polar surface area (TPSA) is 117 Å². The van der Waals surface area contributed by atoms with Crippen molar-refractivity contribution in [3.63, 3.8) is 0 Å². The molecule has 4 N–H and O–H groups in total. The van der Waals surface area contributed by atoms with Crippen LogP contribution in [0.4, 0.5) is 39.5 Å². The number of pyridine rings is 2. The Balaban J connectivity index is 1.35. The van der Waals surface area contributed by atoms with Crippen LogP contribution >= 0.6 is 0 Å². The molecule has 0 bridgehead atoms. The van der Waals surface area contributed by atoms with Crippen molar-refractivity contribution in [2.24, 2.45) is 11.8 Å². The first-order chi connectivity index (χ1) is 18.0. The van der Waals surface area contributed by atoms with Crippen LogP contribution in [0.15, 0.2) is 24.5 Å². The Morgan fingerprint density at radius 2 is 1.97 bits per heavy atom. The molecule has 3 aromatic rings. The standard InChI is InChI=1S/C25H24F4N6O3/c1-11-14(6-33-23-21(11)31-2-3-38-23)13-4-12-5-18(32-7-15(12)20(30)19(13)26)35(24(36)37)22-16-8-34(9-17(16)22)10-25(27,28)29/h4-7,16-17,22,31H,2-3,8-10,30H2,1H3,(H,36,37). The van der Waals surface area contributed by atoms with Gasteiger partial charge >= 0.3 is 12.3 Å². The molecule has 1 aliphatic carbocycles. The van der Waals surface area contributed by atoms with Crippen LogP contribution < -0.4 is 20.7 Å². The molecule has 2 unspecified atom stereocenters. The molecule has 2 aromatic heterocycles. The van der Waals surface area contributed by atoms with Gasteiger partial charge in [-0.25, -0.2) is 19.2 Å². The van der Waals surface area contributed by atoms with Crippen molar-refractivity contribution in [2.75, 3.05) is 48.7 Å². The summed E-state index contributed by atoms with van der Waals surface area (Å²) in [6.45, 7) is 2.18. The number of piperidine rings is 1. The fraction of sp³-hybridized carbons (Fsp3) is 0.400. The van der Waals surface area contributed by atoms with E-state index in [1.165, 1.54) is 23.4 Å². The lowest BCUT2D eigenvalue weighted by Crippen LogP contribution is -2.41. The van der Waals surface area contributed by atoms with Crippen LogP contribution in [-0.2, 0) is 0 Å². The van der Waals surface area contributed by atoms with Gasteiger partial charge in [-0.15, -0.1) is 0 Å². The minimum Gasteiger partial charge on any atom is -0.474 e. The Kier molecular flexibility index (Phi) is 5.53. The second-order valence-electron chi connectivity index (χ2n) is 9.95. The highest BCUT2D eigenvalue weighted by Gasteiger charge is 2.61. The largest absolute Gasteiger partial charge is 0.474 e. The molecule has 1 saturated carbocycles. The van der Waals surface area contributed by atoms with Crippen molar-refractivity contribution in [2.45, 2.75) is 19.1 Å². The number of halogens is 4. The molecule has 0 radical (unpaired) electrons. The number of carbonyl (C=O) groups is 1. The maximum atomic E-state index is 15.4. The molecule has 2 atom stereocenters. The van der Waals surface area contributed by atoms with Gasteiger partial charge in [0.05, 0.1) is 18.3 Å². The first-order valence-electron chi connectivity index (χ1n) is 12.1. The third-order valence-electron chi connectivity index (χ3n) is 7.60. The number of aromatic nitrogens is 2. The number of fused-ring (bicyclic) bond motifs is 3. The van der Waals surface area contributed by atoms with E-state index in [2.05, 4.69) is 15.3 Å². The number of nitrogens with one attached hydrogen (secondary N) is 1. The van der Waals surface area contributed by atoms with E-state index in [0.29, 0.717) is 41.1 Å². The van der Waals surface area contributed by atoms with Crippen LogP contribution in [-0.4, -0.2) is 71.1 Å². The van der Waals surface area contributed by atoms with E-state index >= 15 is 4.39 Å². The molecule has 2 aliphatic heterocycles. The Morgan fingerprint density at radius 3 is 2.66 bits per heavy atom. The van der Waals surface area contributed by atoms with E-state index in [9.17, 15) is 23.1 Å². The van der Waals surface area contributed by atoms with Gasteiger partial charge in [0.15, 0.2) is 5.82 Å². The van der Waals surface area contributed by atoms with Gasteiger partial charge in [-0.05, 0) is 41.8 Å². The second-order valence-corrected chi connectivity index (χ2v) is 9.95. The number of amides is 1. The van der Waals surface area contributed by atoms with E-state index in [-0.39, 0.29) is 42.0 Å². The minimum atomic E-state index is -4.30. The molecule has 2 fully saturated rings. The molecule has 1 saturated heterocycles. The Bertz CT molecular complexity index is 1450. The van der Waals surface area contributed by atoms with E-state index < -0.39 is 30.7 Å². The Hall–Kier alpha value is -3.87. The van der Waals surface area contributed by atoms with Crippen molar-refractivity contribution < 1.29 is 32.2 Å². The van der Waals surface area contributed by atoms with Crippen LogP contribution in [0.3, 0.4) is 0 Å². The molecule has 0 spiro atoms. The number of nitrogens with zero attached hydrogens (tertiary/aromatic N) is 4. The third-order valence-corrected chi connectivity index (χ3v) is 7.60. The number of hydrogen-bond donors (Lipinski definition) is 3.